The fraction of sp³-hybridized carbons (Fsp3) is 0.207. The number of methoxy groups -OCH3 is 2. The van der Waals surface area contributed by atoms with E-state index >= 15 is 0 Å². The molecule has 1 heterocycles. The summed E-state index contributed by atoms with van der Waals surface area (Å²) in [6.45, 7) is 2.86. The number of ether oxygens (including phenoxy) is 2. The Bertz CT molecular complexity index is 1370. The third-order valence-electron chi connectivity index (χ3n) is 5.96. The largest absolute Gasteiger partial charge is 0.497 e. The molecule has 1 aromatic heterocycles. The van der Waals surface area contributed by atoms with E-state index in [0.29, 0.717) is 10.7 Å². The molecule has 0 atom stereocenters. The van der Waals surface area contributed by atoms with Crippen molar-refractivity contribution in [3.05, 3.63) is 84.4 Å². The number of benzene rings is 3. The van der Waals surface area contributed by atoms with Crippen LogP contribution in [0.5, 0.6) is 11.5 Å². The van der Waals surface area contributed by atoms with Gasteiger partial charge in [0.05, 0.1) is 31.3 Å². The first-order valence-electron chi connectivity index (χ1n) is 12.4. The Morgan fingerprint density at radius 3 is 2.05 bits per heavy atom. The number of hydrazine groups is 1. The highest BCUT2D eigenvalue weighted by Gasteiger charge is 2.15. The second-order valence-corrected chi connectivity index (χ2v) is 8.93. The van der Waals surface area contributed by atoms with E-state index in [4.69, 9.17) is 26.8 Å². The molecule has 0 aliphatic heterocycles. The fourth-order valence-electron chi connectivity index (χ4n) is 3.81. The van der Waals surface area contributed by atoms with Gasteiger partial charge in [0.1, 0.15) is 11.5 Å². The van der Waals surface area contributed by atoms with Gasteiger partial charge in [-0.3, -0.25) is 15.6 Å². The molecule has 0 aliphatic carbocycles. The summed E-state index contributed by atoms with van der Waals surface area (Å²) in [6.07, 6.45) is 2.07. The van der Waals surface area contributed by atoms with Crippen molar-refractivity contribution in [3.63, 3.8) is 0 Å². The van der Waals surface area contributed by atoms with Gasteiger partial charge in [-0.2, -0.15) is 5.10 Å². The van der Waals surface area contributed by atoms with Crippen molar-refractivity contribution in [1.82, 2.24) is 25.9 Å². The Morgan fingerprint density at radius 2 is 1.47 bits per heavy atom. The Hall–Kier alpha value is -4.37. The second kappa shape index (κ2) is 12.7. The van der Waals surface area contributed by atoms with E-state index in [1.54, 1.807) is 26.4 Å². The second-order valence-electron chi connectivity index (χ2n) is 8.52. The topological polar surface area (TPSA) is 89.4 Å². The zero-order chi connectivity index (χ0) is 26.9. The van der Waals surface area contributed by atoms with Crippen molar-refractivity contribution in [2.45, 2.75) is 19.8 Å². The molecule has 0 radical (unpaired) electrons. The molecule has 3 N–H and O–H groups in total. The SMILES string of the molecule is CCCCNC(=S)NNC(=O)c1ccc(-n2nc(-c3ccc(OC)cc3)cc2-c2ccc(OC)cc2)cc1. The van der Waals surface area contributed by atoms with Gasteiger partial charge < -0.3 is 14.8 Å². The van der Waals surface area contributed by atoms with Crippen LogP contribution in [0.1, 0.15) is 30.1 Å². The lowest BCUT2D eigenvalue weighted by molar-refractivity contribution is 0.0943. The summed E-state index contributed by atoms with van der Waals surface area (Å²) in [5, 5.41) is 8.34. The minimum atomic E-state index is -0.286. The van der Waals surface area contributed by atoms with Gasteiger partial charge in [0.25, 0.3) is 5.91 Å². The quantitative estimate of drug-likeness (QED) is 0.157. The molecule has 196 valence electrons. The van der Waals surface area contributed by atoms with Gasteiger partial charge in [0, 0.05) is 23.2 Å². The number of aromatic nitrogens is 2. The van der Waals surface area contributed by atoms with E-state index in [9.17, 15) is 4.79 Å². The van der Waals surface area contributed by atoms with Gasteiger partial charge >= 0.3 is 0 Å². The molecule has 0 fully saturated rings. The number of unbranched alkanes of at least 4 members (excludes halogenated alkanes) is 1. The normalized spacial score (nSPS) is 10.5. The Morgan fingerprint density at radius 1 is 0.868 bits per heavy atom. The molecule has 1 amide bonds. The molecular formula is C29H31N5O3S. The molecule has 8 nitrogen and oxygen atoms in total. The molecule has 4 aromatic rings. The lowest BCUT2D eigenvalue weighted by Gasteiger charge is -2.12. The van der Waals surface area contributed by atoms with E-state index in [1.807, 2.05) is 71.4 Å². The van der Waals surface area contributed by atoms with Crippen molar-refractivity contribution in [1.29, 1.82) is 0 Å². The van der Waals surface area contributed by atoms with E-state index in [-0.39, 0.29) is 5.91 Å². The van der Waals surface area contributed by atoms with Crippen LogP contribution in [0.4, 0.5) is 0 Å². The van der Waals surface area contributed by atoms with Gasteiger partial charge in [0.15, 0.2) is 5.11 Å². The van der Waals surface area contributed by atoms with Crippen molar-refractivity contribution < 1.29 is 14.3 Å². The lowest BCUT2D eigenvalue weighted by atomic mass is 10.1. The number of carbonyl (C=O) groups excluding carboxylic acids is 1. The molecule has 0 spiro atoms. The number of rotatable bonds is 9. The minimum Gasteiger partial charge on any atom is -0.497 e. The molecule has 0 unspecified atom stereocenters. The summed E-state index contributed by atoms with van der Waals surface area (Å²) in [7, 11) is 3.29. The first-order chi connectivity index (χ1) is 18.5. The molecular weight excluding hydrogens is 498 g/mol. The Labute approximate surface area is 227 Å². The first kappa shape index (κ1) is 26.7. The van der Waals surface area contributed by atoms with Crippen molar-refractivity contribution >= 4 is 23.2 Å². The number of nitrogens with one attached hydrogen (secondary N) is 3. The third-order valence-corrected chi connectivity index (χ3v) is 6.21. The number of carbonyl (C=O) groups is 1. The predicted octanol–water partition coefficient (Wildman–Crippen LogP) is 5.13. The molecule has 9 heteroatoms. The number of thiocarbonyl (C=S) groups is 1. The van der Waals surface area contributed by atoms with E-state index in [2.05, 4.69) is 23.1 Å². The van der Waals surface area contributed by atoms with Crippen molar-refractivity contribution in [3.8, 4) is 39.7 Å². The number of nitrogens with zero attached hydrogens (tertiary/aromatic N) is 2. The summed E-state index contributed by atoms with van der Waals surface area (Å²) in [5.41, 5.74) is 10.3. The molecule has 0 saturated heterocycles. The minimum absolute atomic E-state index is 0.286. The smallest absolute Gasteiger partial charge is 0.269 e. The molecule has 4 rings (SSSR count). The molecule has 38 heavy (non-hydrogen) atoms. The Balaban J connectivity index is 1.58. The van der Waals surface area contributed by atoms with Crippen LogP contribution in [0.3, 0.4) is 0 Å². The zero-order valence-electron chi connectivity index (χ0n) is 21.7. The van der Waals surface area contributed by atoms with Crippen LogP contribution in [-0.2, 0) is 0 Å². The van der Waals surface area contributed by atoms with E-state index < -0.39 is 0 Å². The summed E-state index contributed by atoms with van der Waals surface area (Å²) in [5.74, 6) is 1.27. The summed E-state index contributed by atoms with van der Waals surface area (Å²) in [4.78, 5) is 12.6. The zero-order valence-corrected chi connectivity index (χ0v) is 22.5. The number of hydrogen-bond donors (Lipinski definition) is 3. The average molecular weight is 530 g/mol. The van der Waals surface area contributed by atoms with Crippen LogP contribution in [0.2, 0.25) is 0 Å². The fourth-order valence-corrected chi connectivity index (χ4v) is 3.96. The van der Waals surface area contributed by atoms with E-state index in [0.717, 1.165) is 59.1 Å². The van der Waals surface area contributed by atoms with Gasteiger partial charge in [-0.15, -0.1) is 0 Å². The number of amides is 1. The summed E-state index contributed by atoms with van der Waals surface area (Å²) < 4.78 is 12.5. The molecule has 0 aliphatic rings. The maximum atomic E-state index is 12.6. The van der Waals surface area contributed by atoms with Gasteiger partial charge in [-0.1, -0.05) is 13.3 Å². The average Bonchev–Trinajstić information content (AvgIpc) is 3.42. The van der Waals surface area contributed by atoms with Crippen LogP contribution in [0, 0.1) is 0 Å². The monoisotopic (exact) mass is 529 g/mol. The highest BCUT2D eigenvalue weighted by atomic mass is 32.1. The van der Waals surface area contributed by atoms with Crippen LogP contribution < -0.4 is 25.6 Å². The van der Waals surface area contributed by atoms with Crippen molar-refractivity contribution in [2.24, 2.45) is 0 Å². The maximum Gasteiger partial charge on any atom is 0.269 e. The first-order valence-corrected chi connectivity index (χ1v) is 12.8. The highest BCUT2D eigenvalue weighted by molar-refractivity contribution is 7.80. The van der Waals surface area contributed by atoms with Crippen molar-refractivity contribution in [2.75, 3.05) is 20.8 Å². The van der Waals surface area contributed by atoms with Crippen LogP contribution in [0.15, 0.2) is 78.9 Å². The molecule has 0 saturated carbocycles. The predicted molar refractivity (Wildman–Crippen MR) is 154 cm³/mol. The van der Waals surface area contributed by atoms with Gasteiger partial charge in [-0.05, 0) is 97.5 Å². The molecule has 3 aromatic carbocycles. The lowest BCUT2D eigenvalue weighted by Crippen LogP contribution is -2.46. The number of hydrogen-bond acceptors (Lipinski definition) is 5. The van der Waals surface area contributed by atoms with Crippen LogP contribution in [-0.4, -0.2) is 41.6 Å². The summed E-state index contributed by atoms with van der Waals surface area (Å²) >= 11 is 5.19. The van der Waals surface area contributed by atoms with Gasteiger partial charge in [-0.25, -0.2) is 4.68 Å². The van der Waals surface area contributed by atoms with Gasteiger partial charge in [0.2, 0.25) is 0 Å². The summed E-state index contributed by atoms with van der Waals surface area (Å²) in [6, 6.07) is 24.9. The third kappa shape index (κ3) is 6.49. The van der Waals surface area contributed by atoms with E-state index in [1.165, 1.54) is 0 Å². The maximum absolute atomic E-state index is 12.6. The molecule has 0 bridgehead atoms. The standard InChI is InChI=1S/C29H31N5O3S/c1-4-5-18-30-29(38)32-31-28(35)22-6-12-23(13-7-22)34-27(21-10-16-25(37-3)17-11-21)19-26(33-34)20-8-14-24(36-2)15-9-20/h6-17,19H,4-5,18H2,1-3H3,(H,31,35)(H2,30,32,38). The van der Waals surface area contributed by atoms with Crippen LogP contribution in [0.25, 0.3) is 28.2 Å². The van der Waals surface area contributed by atoms with Crippen LogP contribution >= 0.6 is 12.2 Å². The Kier molecular flexibility index (Phi) is 8.94. The highest BCUT2D eigenvalue weighted by Crippen LogP contribution is 2.30.